The zero-order chi connectivity index (χ0) is 6.12. The quantitative estimate of drug-likeness (QED) is 0.555. The Morgan fingerprint density at radius 2 is 1.29 bits per heavy atom. The van der Waals surface area contributed by atoms with Crippen molar-refractivity contribution in [1.29, 1.82) is 0 Å². The molecule has 2 N–H and O–H groups in total. The van der Waals surface area contributed by atoms with Gasteiger partial charge in [-0.15, -0.1) is 0 Å². The van der Waals surface area contributed by atoms with Crippen LogP contribution in [-0.2, 0) is 15.6 Å². The fourth-order valence-electron chi connectivity index (χ4n) is 0. The van der Waals surface area contributed by atoms with Gasteiger partial charge in [0.15, 0.2) is 0 Å². The fraction of sp³-hybridized carbons (Fsp3) is 1.00. The van der Waals surface area contributed by atoms with Crippen LogP contribution in [-0.4, -0.2) is 13.1 Å². The molecule has 0 aromatic carbocycles. The van der Waals surface area contributed by atoms with Gasteiger partial charge < -0.3 is 11.5 Å². The topological polar surface area (TPSA) is 47.6 Å². The molecule has 0 aromatic heterocycles. The first-order valence-corrected chi connectivity index (χ1v) is 2.25. The van der Waals surface area contributed by atoms with Crippen LogP contribution >= 0.6 is 0 Å². The summed E-state index contributed by atoms with van der Waals surface area (Å²) in [5.41, 5.74) is 12.5. The minimum absolute atomic E-state index is 0.236. The monoisotopic (exact) mass is 155 g/mol. The van der Waals surface area contributed by atoms with Gasteiger partial charge in [-0.3, -0.25) is 0 Å². The number of hydrogen-bond acceptors (Lipinski definition) is 0. The molecule has 0 aliphatic heterocycles. The molecular formula is C2H6CoF2N2-2. The molecule has 0 amide bonds. The largest absolute Gasteiger partial charge is 0.679 e. The Labute approximate surface area is 48.1 Å². The van der Waals surface area contributed by atoms with Crippen LogP contribution in [0.3, 0.4) is 0 Å². The molecule has 0 aliphatic carbocycles. The van der Waals surface area contributed by atoms with Crippen LogP contribution in [0, 0.1) is 0 Å². The van der Waals surface area contributed by atoms with E-state index in [2.05, 4.69) is 0 Å². The van der Waals surface area contributed by atoms with Crippen molar-refractivity contribution in [2.45, 2.75) is 0 Å². The van der Waals surface area contributed by atoms with Gasteiger partial charge >= 0.3 is 22.8 Å². The average Bonchev–Trinajstić information content (AvgIpc) is 1.69. The molecule has 0 aliphatic rings. The molecule has 49 valence electrons. The molecule has 0 saturated heterocycles. The summed E-state index contributed by atoms with van der Waals surface area (Å²) in [5, 5.41) is 0. The van der Waals surface area contributed by atoms with Crippen LogP contribution in [0.2, 0.25) is 0 Å². The summed E-state index contributed by atoms with van der Waals surface area (Å²) >= 11 is -1.56. The molecule has 0 unspecified atom stereocenters. The molecule has 0 heterocycles. The molecule has 0 saturated carbocycles. The Morgan fingerprint density at radius 3 is 1.29 bits per heavy atom. The molecule has 0 aromatic rings. The zero-order valence-electron chi connectivity index (χ0n) is 3.50. The van der Waals surface area contributed by atoms with E-state index in [9.17, 15) is 7.16 Å². The first kappa shape index (κ1) is 10.3. The Balaban J connectivity index is 0. The van der Waals surface area contributed by atoms with Crippen molar-refractivity contribution in [3.8, 4) is 0 Å². The minimum atomic E-state index is -1.56. The van der Waals surface area contributed by atoms with Gasteiger partial charge in [-0.1, -0.05) is 0 Å². The summed E-state index contributed by atoms with van der Waals surface area (Å²) < 4.78 is 19.2. The average molecular weight is 155 g/mol. The van der Waals surface area contributed by atoms with Crippen LogP contribution in [0.15, 0.2) is 0 Å². The first-order valence-electron chi connectivity index (χ1n) is 1.46. The summed E-state index contributed by atoms with van der Waals surface area (Å²) in [6.07, 6.45) is 0. The van der Waals surface area contributed by atoms with Crippen molar-refractivity contribution in [2.75, 3.05) is 13.1 Å². The van der Waals surface area contributed by atoms with Crippen LogP contribution in [0.5, 0.6) is 0 Å². The SMILES string of the molecule is [F][Co][F].[NH-]CC[NH-]. The van der Waals surface area contributed by atoms with E-state index in [0.717, 1.165) is 0 Å². The van der Waals surface area contributed by atoms with Crippen LogP contribution in [0.4, 0.5) is 7.16 Å². The standard InChI is InChI=1S/C2H6N2.Co.2FH/c3-1-2-4;;;/h3-4H,1-2H2;;2*1H/q-2;+2;;/p-2. The molecule has 5 heteroatoms. The van der Waals surface area contributed by atoms with Crippen molar-refractivity contribution >= 4 is 0 Å². The Morgan fingerprint density at radius 1 is 1.14 bits per heavy atom. The van der Waals surface area contributed by atoms with E-state index in [4.69, 9.17) is 11.5 Å². The maximum atomic E-state index is 9.59. The maximum Gasteiger partial charge on any atom is -0.171 e. The molecule has 0 radical (unpaired) electrons. The number of rotatable bonds is 1. The number of halogens is 2. The summed E-state index contributed by atoms with van der Waals surface area (Å²) in [5.74, 6) is 0. The third-order valence-corrected chi connectivity index (χ3v) is 0.125. The summed E-state index contributed by atoms with van der Waals surface area (Å²) in [4.78, 5) is 0. The molecule has 0 spiro atoms. The second kappa shape index (κ2) is 16.3. The normalized spacial score (nSPS) is 7.43. The molecule has 0 atom stereocenters. The van der Waals surface area contributed by atoms with E-state index in [0.29, 0.717) is 0 Å². The molecular weight excluding hydrogens is 149 g/mol. The summed E-state index contributed by atoms with van der Waals surface area (Å²) in [6.45, 7) is 0.472. The third-order valence-electron chi connectivity index (χ3n) is 0.125. The molecule has 7 heavy (non-hydrogen) atoms. The third kappa shape index (κ3) is 69.8. The van der Waals surface area contributed by atoms with Crippen molar-refractivity contribution in [3.05, 3.63) is 11.5 Å². The second-order valence-electron chi connectivity index (χ2n) is 0.548. The molecule has 0 fully saturated rings. The van der Waals surface area contributed by atoms with Gasteiger partial charge in [-0.05, 0) is 0 Å². The predicted octanol–water partition coefficient (Wildman–Crippen LogP) is 1.93. The second-order valence-corrected chi connectivity index (χ2v) is 0.696. The zero-order valence-corrected chi connectivity index (χ0v) is 4.54. The van der Waals surface area contributed by atoms with Crippen molar-refractivity contribution in [1.82, 2.24) is 0 Å². The van der Waals surface area contributed by atoms with Gasteiger partial charge in [-0.2, -0.15) is 13.1 Å². The van der Waals surface area contributed by atoms with Crippen LogP contribution in [0.1, 0.15) is 0 Å². The summed E-state index contributed by atoms with van der Waals surface area (Å²) in [6, 6.07) is 0. The van der Waals surface area contributed by atoms with E-state index in [-0.39, 0.29) is 13.1 Å². The Hall–Kier alpha value is 0.286. The molecule has 0 bridgehead atoms. The number of hydrogen-bond donors (Lipinski definition) is 0. The van der Waals surface area contributed by atoms with E-state index in [1.807, 2.05) is 0 Å². The van der Waals surface area contributed by atoms with E-state index in [1.165, 1.54) is 0 Å². The van der Waals surface area contributed by atoms with Crippen LogP contribution in [0.25, 0.3) is 11.5 Å². The fourth-order valence-corrected chi connectivity index (χ4v) is 0. The Kier molecular flexibility index (Phi) is 23.9. The minimum Gasteiger partial charge on any atom is -0.679 e. The first-order chi connectivity index (χ1) is 3.33. The predicted molar refractivity (Wildman–Crippen MR) is 20.6 cm³/mol. The van der Waals surface area contributed by atoms with E-state index in [1.54, 1.807) is 0 Å². The van der Waals surface area contributed by atoms with Gasteiger partial charge in [0, 0.05) is 0 Å². The van der Waals surface area contributed by atoms with Gasteiger partial charge in [-0.25, -0.2) is 0 Å². The Bertz CT molecular complexity index is 21.2. The van der Waals surface area contributed by atoms with Gasteiger partial charge in [0.25, 0.3) is 0 Å². The maximum absolute atomic E-state index is 9.59. The van der Waals surface area contributed by atoms with Crippen molar-refractivity contribution < 1.29 is 22.8 Å². The van der Waals surface area contributed by atoms with Crippen molar-refractivity contribution in [3.63, 3.8) is 0 Å². The van der Waals surface area contributed by atoms with E-state index >= 15 is 0 Å². The van der Waals surface area contributed by atoms with Crippen LogP contribution < -0.4 is 0 Å². The van der Waals surface area contributed by atoms with Crippen molar-refractivity contribution in [2.24, 2.45) is 0 Å². The smallest absolute Gasteiger partial charge is 0.171 e. The van der Waals surface area contributed by atoms with E-state index < -0.39 is 15.6 Å². The number of nitrogens with one attached hydrogen (secondary N) is 2. The molecule has 2 nitrogen and oxygen atoms in total. The van der Waals surface area contributed by atoms with Gasteiger partial charge in [0.1, 0.15) is 0 Å². The van der Waals surface area contributed by atoms with Gasteiger partial charge in [0.05, 0.1) is 0 Å². The molecule has 0 rings (SSSR count). The van der Waals surface area contributed by atoms with Gasteiger partial charge in [0.2, 0.25) is 0 Å². The summed E-state index contributed by atoms with van der Waals surface area (Å²) in [7, 11) is 0.